The van der Waals surface area contributed by atoms with Crippen LogP contribution in [0.1, 0.15) is 12.5 Å². The molecule has 0 aromatic heterocycles. The van der Waals surface area contributed by atoms with Gasteiger partial charge in [-0.05, 0) is 29.3 Å². The quantitative estimate of drug-likeness (QED) is 0.622. The topological polar surface area (TPSA) is 127 Å². The number of nitrogens with two attached hydrogens (primary N) is 2. The molecule has 0 saturated heterocycles. The van der Waals surface area contributed by atoms with E-state index in [1.807, 2.05) is 0 Å². The zero-order valence-electron chi connectivity index (χ0n) is 12.4. The normalized spacial score (nSPS) is 24.3. The molecule has 2 rings (SSSR count). The second-order valence-corrected chi connectivity index (χ2v) is 5.86. The van der Waals surface area contributed by atoms with Crippen LogP contribution in [0.15, 0.2) is 40.9 Å². The number of hydrogen-bond acceptors (Lipinski definition) is 4. The zero-order valence-corrected chi connectivity index (χ0v) is 13.2. The molecule has 0 fully saturated rings. The number of carbonyl (C=O) groups is 2. The van der Waals surface area contributed by atoms with Crippen molar-refractivity contribution in [2.75, 3.05) is 12.3 Å². The van der Waals surface area contributed by atoms with Gasteiger partial charge in [-0.2, -0.15) is 0 Å². The van der Waals surface area contributed by atoms with Crippen LogP contribution in [0.2, 0.25) is 0 Å². The number of nitrogen functional groups attached to an aromatic ring is 1. The summed E-state index contributed by atoms with van der Waals surface area (Å²) in [6.45, 7) is 1.23. The van der Waals surface area contributed by atoms with Crippen molar-refractivity contribution in [3.8, 4) is 0 Å². The van der Waals surface area contributed by atoms with Crippen molar-refractivity contribution >= 4 is 34.8 Å². The summed E-state index contributed by atoms with van der Waals surface area (Å²) in [6, 6.07) is 6.66. The van der Waals surface area contributed by atoms with Gasteiger partial charge in [-0.1, -0.05) is 30.7 Å². The molecule has 0 saturated carbocycles. The molecule has 1 aromatic rings. The molecule has 23 heavy (non-hydrogen) atoms. The molecule has 6 N–H and O–H groups in total. The summed E-state index contributed by atoms with van der Waals surface area (Å²) in [5.41, 5.74) is 11.2. The van der Waals surface area contributed by atoms with Gasteiger partial charge in [-0.15, -0.1) is 0 Å². The molecular formula is C16H17ClN2O4. The summed E-state index contributed by atoms with van der Waals surface area (Å²) in [5.74, 6) is -3.37. The minimum Gasteiger partial charge on any atom is -0.481 e. The van der Waals surface area contributed by atoms with Crippen molar-refractivity contribution in [1.29, 1.82) is 0 Å². The monoisotopic (exact) mass is 336 g/mol. The lowest BCUT2D eigenvalue weighted by molar-refractivity contribution is -0.147. The first-order chi connectivity index (χ1) is 10.8. The lowest BCUT2D eigenvalue weighted by Crippen LogP contribution is -2.48. The molecule has 1 aliphatic carbocycles. The maximum atomic E-state index is 12.1. The van der Waals surface area contributed by atoms with E-state index in [-0.39, 0.29) is 17.2 Å². The van der Waals surface area contributed by atoms with Crippen LogP contribution in [0, 0.1) is 11.3 Å². The van der Waals surface area contributed by atoms with Crippen LogP contribution in [0.4, 0.5) is 5.69 Å². The Labute approximate surface area is 138 Å². The molecule has 1 aliphatic rings. The van der Waals surface area contributed by atoms with Crippen molar-refractivity contribution in [1.82, 2.24) is 0 Å². The van der Waals surface area contributed by atoms with Gasteiger partial charge >= 0.3 is 11.9 Å². The van der Waals surface area contributed by atoms with E-state index in [2.05, 4.69) is 0 Å². The van der Waals surface area contributed by atoms with E-state index in [9.17, 15) is 19.8 Å². The van der Waals surface area contributed by atoms with Gasteiger partial charge in [0, 0.05) is 18.2 Å². The summed E-state index contributed by atoms with van der Waals surface area (Å²) in [7, 11) is 0. The van der Waals surface area contributed by atoms with Gasteiger partial charge in [0.25, 0.3) is 0 Å². The lowest BCUT2D eigenvalue weighted by atomic mass is 9.63. The van der Waals surface area contributed by atoms with E-state index in [1.54, 1.807) is 24.3 Å². The standard InChI is InChI=1S/C16H17ClN2O4/c1-8-13(14(20)21)12(17)6-11(16(8,7-18)15(22)23)9-3-2-4-10(19)5-9/h2-6,8H,7,18-19H2,1H3,(H,20,21)(H,22,23). The first-order valence-electron chi connectivity index (χ1n) is 6.90. The fourth-order valence-electron chi connectivity index (χ4n) is 3.03. The van der Waals surface area contributed by atoms with Gasteiger partial charge < -0.3 is 21.7 Å². The zero-order chi connectivity index (χ0) is 17.4. The van der Waals surface area contributed by atoms with Crippen molar-refractivity contribution in [3.63, 3.8) is 0 Å². The molecule has 0 spiro atoms. The molecule has 0 aliphatic heterocycles. The molecule has 0 radical (unpaired) electrons. The molecule has 7 heteroatoms. The number of halogens is 1. The third-order valence-electron chi connectivity index (χ3n) is 4.31. The van der Waals surface area contributed by atoms with Gasteiger partial charge in [0.15, 0.2) is 0 Å². The van der Waals surface area contributed by atoms with Crippen molar-refractivity contribution < 1.29 is 19.8 Å². The second kappa shape index (κ2) is 6.06. The summed E-state index contributed by atoms with van der Waals surface area (Å²) < 4.78 is 0. The SMILES string of the molecule is CC1C(C(=O)O)=C(Cl)C=C(c2cccc(N)c2)C1(CN)C(=O)O. The number of aliphatic carboxylic acids is 2. The van der Waals surface area contributed by atoms with E-state index in [1.165, 1.54) is 13.0 Å². The van der Waals surface area contributed by atoms with Crippen LogP contribution in [0.3, 0.4) is 0 Å². The molecule has 0 amide bonds. The number of carboxylic acid groups (broad SMARTS) is 2. The third-order valence-corrected chi connectivity index (χ3v) is 4.63. The van der Waals surface area contributed by atoms with E-state index >= 15 is 0 Å². The van der Waals surface area contributed by atoms with Crippen molar-refractivity contribution in [2.45, 2.75) is 6.92 Å². The first-order valence-corrected chi connectivity index (χ1v) is 7.28. The fourth-order valence-corrected chi connectivity index (χ4v) is 3.38. The Bertz CT molecular complexity index is 741. The molecule has 0 heterocycles. The van der Waals surface area contributed by atoms with E-state index in [0.29, 0.717) is 16.8 Å². The first kappa shape index (κ1) is 17.1. The summed E-state index contributed by atoms with van der Waals surface area (Å²) in [4.78, 5) is 23.5. The maximum Gasteiger partial charge on any atom is 0.333 e. The highest BCUT2D eigenvalue weighted by atomic mass is 35.5. The second-order valence-electron chi connectivity index (χ2n) is 5.45. The number of allylic oxidation sites excluding steroid dienone is 2. The highest BCUT2D eigenvalue weighted by Crippen LogP contribution is 2.49. The van der Waals surface area contributed by atoms with Crippen LogP contribution in [0.25, 0.3) is 5.57 Å². The highest BCUT2D eigenvalue weighted by molar-refractivity contribution is 6.34. The van der Waals surface area contributed by atoms with Gasteiger partial charge in [0.1, 0.15) is 5.41 Å². The lowest BCUT2D eigenvalue weighted by Gasteiger charge is -2.40. The minimum atomic E-state index is -1.60. The van der Waals surface area contributed by atoms with Crippen molar-refractivity contribution in [2.24, 2.45) is 17.1 Å². The highest BCUT2D eigenvalue weighted by Gasteiger charge is 2.51. The maximum absolute atomic E-state index is 12.1. The van der Waals surface area contributed by atoms with Crippen LogP contribution in [0.5, 0.6) is 0 Å². The Morgan fingerprint density at radius 2 is 2.00 bits per heavy atom. The van der Waals surface area contributed by atoms with E-state index in [0.717, 1.165) is 0 Å². The van der Waals surface area contributed by atoms with E-state index < -0.39 is 23.3 Å². The van der Waals surface area contributed by atoms with Crippen LogP contribution < -0.4 is 11.5 Å². The number of hydrogen-bond donors (Lipinski definition) is 4. The van der Waals surface area contributed by atoms with Crippen LogP contribution >= 0.6 is 11.6 Å². The molecule has 122 valence electrons. The molecular weight excluding hydrogens is 320 g/mol. The van der Waals surface area contributed by atoms with Gasteiger partial charge in [-0.3, -0.25) is 4.79 Å². The third kappa shape index (κ3) is 2.60. The van der Waals surface area contributed by atoms with Gasteiger partial charge in [-0.25, -0.2) is 4.79 Å². The Morgan fingerprint density at radius 1 is 1.35 bits per heavy atom. The Morgan fingerprint density at radius 3 is 2.48 bits per heavy atom. The smallest absolute Gasteiger partial charge is 0.333 e. The van der Waals surface area contributed by atoms with E-state index in [4.69, 9.17) is 23.1 Å². The van der Waals surface area contributed by atoms with Gasteiger partial charge in [0.2, 0.25) is 0 Å². The predicted octanol–water partition coefficient (Wildman–Crippen LogP) is 1.91. The number of anilines is 1. The minimum absolute atomic E-state index is 0.00671. The van der Waals surface area contributed by atoms with Gasteiger partial charge in [0.05, 0.1) is 10.6 Å². The Hall–Kier alpha value is -2.31. The predicted molar refractivity (Wildman–Crippen MR) is 87.6 cm³/mol. The number of carboxylic acids is 2. The molecule has 1 aromatic carbocycles. The largest absolute Gasteiger partial charge is 0.481 e. The van der Waals surface area contributed by atoms with Crippen LogP contribution in [-0.2, 0) is 9.59 Å². The number of benzene rings is 1. The summed E-state index contributed by atoms with van der Waals surface area (Å²) in [6.07, 6.45) is 1.36. The van der Waals surface area contributed by atoms with Crippen molar-refractivity contribution in [3.05, 3.63) is 46.5 Å². The fraction of sp³-hybridized carbons (Fsp3) is 0.250. The summed E-state index contributed by atoms with van der Waals surface area (Å²) in [5, 5.41) is 19.2. The average molecular weight is 337 g/mol. The molecule has 0 bridgehead atoms. The molecule has 6 nitrogen and oxygen atoms in total. The summed E-state index contributed by atoms with van der Waals surface area (Å²) >= 11 is 6.10. The average Bonchev–Trinajstić information content (AvgIpc) is 2.46. The Kier molecular flexibility index (Phi) is 4.49. The number of rotatable bonds is 4. The molecule has 2 atom stereocenters. The molecule has 2 unspecified atom stereocenters. The van der Waals surface area contributed by atoms with Crippen LogP contribution in [-0.4, -0.2) is 28.7 Å². The Balaban J connectivity index is 2.80.